The number of anilines is 1. The highest BCUT2D eigenvalue weighted by Gasteiger charge is 2.02. The molecule has 2 aromatic rings. The molecule has 5 nitrogen and oxygen atoms in total. The van der Waals surface area contributed by atoms with Crippen LogP contribution in [0.15, 0.2) is 36.5 Å². The number of aromatic nitrogens is 2. The molecular formula is C12H13N3O2. The second-order valence-electron chi connectivity index (χ2n) is 3.26. The quantitative estimate of drug-likeness (QED) is 0.875. The Bertz CT molecular complexity index is 485. The van der Waals surface area contributed by atoms with E-state index in [1.54, 1.807) is 19.4 Å². The van der Waals surface area contributed by atoms with E-state index in [9.17, 15) is 0 Å². The van der Waals surface area contributed by atoms with E-state index in [-0.39, 0.29) is 6.01 Å². The third-order valence-corrected chi connectivity index (χ3v) is 2.17. The van der Waals surface area contributed by atoms with Gasteiger partial charge in [-0.25, -0.2) is 4.98 Å². The summed E-state index contributed by atoms with van der Waals surface area (Å²) in [6.07, 6.45) is 1.59. The van der Waals surface area contributed by atoms with Crippen molar-refractivity contribution in [3.8, 4) is 17.6 Å². The molecule has 1 N–H and O–H groups in total. The maximum atomic E-state index is 5.49. The number of hydrogen-bond acceptors (Lipinski definition) is 5. The minimum atomic E-state index is 0.265. The minimum Gasteiger partial charge on any atom is -0.481 e. The van der Waals surface area contributed by atoms with Crippen LogP contribution in [-0.4, -0.2) is 24.1 Å². The predicted octanol–water partition coefficient (Wildman–Crippen LogP) is 2.32. The Morgan fingerprint density at radius 1 is 1.12 bits per heavy atom. The van der Waals surface area contributed by atoms with E-state index >= 15 is 0 Å². The Kier molecular flexibility index (Phi) is 3.40. The average molecular weight is 231 g/mol. The molecule has 0 saturated heterocycles. The summed E-state index contributed by atoms with van der Waals surface area (Å²) >= 11 is 0. The van der Waals surface area contributed by atoms with Crippen LogP contribution >= 0.6 is 0 Å². The first-order valence-electron chi connectivity index (χ1n) is 5.14. The lowest BCUT2D eigenvalue weighted by Crippen LogP contribution is -1.94. The first-order valence-corrected chi connectivity index (χ1v) is 5.14. The molecule has 0 aliphatic heterocycles. The van der Waals surface area contributed by atoms with Gasteiger partial charge in [0.15, 0.2) is 0 Å². The lowest BCUT2D eigenvalue weighted by molar-refractivity contribution is 0.376. The monoisotopic (exact) mass is 231 g/mol. The van der Waals surface area contributed by atoms with Gasteiger partial charge < -0.3 is 14.8 Å². The number of methoxy groups -OCH3 is 1. The first-order chi connectivity index (χ1) is 8.31. The SMILES string of the molecule is CNc1ccc(Oc2nccc(OC)n2)cc1. The molecule has 0 aliphatic rings. The summed E-state index contributed by atoms with van der Waals surface area (Å²) in [5.74, 6) is 1.15. The summed E-state index contributed by atoms with van der Waals surface area (Å²) < 4.78 is 10.5. The van der Waals surface area contributed by atoms with E-state index < -0.39 is 0 Å². The average Bonchev–Trinajstić information content (AvgIpc) is 2.40. The Morgan fingerprint density at radius 3 is 2.53 bits per heavy atom. The molecule has 1 aromatic carbocycles. The second kappa shape index (κ2) is 5.16. The molecule has 2 rings (SSSR count). The number of rotatable bonds is 4. The molecule has 0 fully saturated rings. The lowest BCUT2D eigenvalue weighted by atomic mass is 10.3. The van der Waals surface area contributed by atoms with E-state index in [1.165, 1.54) is 0 Å². The van der Waals surface area contributed by atoms with E-state index in [4.69, 9.17) is 9.47 Å². The normalized spacial score (nSPS) is 9.76. The van der Waals surface area contributed by atoms with Crippen molar-refractivity contribution in [2.45, 2.75) is 0 Å². The topological polar surface area (TPSA) is 56.3 Å². The Labute approximate surface area is 99.4 Å². The van der Waals surface area contributed by atoms with E-state index in [0.29, 0.717) is 11.6 Å². The number of hydrogen-bond donors (Lipinski definition) is 1. The van der Waals surface area contributed by atoms with Crippen molar-refractivity contribution in [1.29, 1.82) is 0 Å². The standard InChI is InChI=1S/C12H13N3O2/c1-13-9-3-5-10(6-4-9)17-12-14-8-7-11(15-12)16-2/h3-8,13H,1-2H3. The Balaban J connectivity index is 2.13. The molecule has 0 radical (unpaired) electrons. The van der Waals surface area contributed by atoms with Crippen molar-refractivity contribution >= 4 is 5.69 Å². The number of nitrogens with one attached hydrogen (secondary N) is 1. The lowest BCUT2D eigenvalue weighted by Gasteiger charge is -2.05. The molecule has 1 heterocycles. The van der Waals surface area contributed by atoms with Gasteiger partial charge in [0.25, 0.3) is 0 Å². The van der Waals surface area contributed by atoms with Gasteiger partial charge >= 0.3 is 6.01 Å². The van der Waals surface area contributed by atoms with Crippen molar-refractivity contribution in [1.82, 2.24) is 9.97 Å². The molecule has 0 unspecified atom stereocenters. The van der Waals surface area contributed by atoms with Gasteiger partial charge in [-0.05, 0) is 24.3 Å². The van der Waals surface area contributed by atoms with Crippen molar-refractivity contribution in [3.63, 3.8) is 0 Å². The summed E-state index contributed by atoms with van der Waals surface area (Å²) in [6, 6.07) is 9.44. The molecular weight excluding hydrogens is 218 g/mol. The minimum absolute atomic E-state index is 0.265. The van der Waals surface area contributed by atoms with Gasteiger partial charge in [0, 0.05) is 25.0 Å². The summed E-state index contributed by atoms with van der Waals surface area (Å²) in [7, 11) is 3.41. The van der Waals surface area contributed by atoms with Crippen LogP contribution in [0.3, 0.4) is 0 Å². The zero-order valence-electron chi connectivity index (χ0n) is 9.68. The predicted molar refractivity (Wildman–Crippen MR) is 64.6 cm³/mol. The summed E-state index contributed by atoms with van der Waals surface area (Å²) in [6.45, 7) is 0. The maximum absolute atomic E-state index is 5.49. The molecule has 0 spiro atoms. The van der Waals surface area contributed by atoms with Crippen molar-refractivity contribution in [2.75, 3.05) is 19.5 Å². The van der Waals surface area contributed by atoms with E-state index in [1.807, 2.05) is 31.3 Å². The zero-order valence-corrected chi connectivity index (χ0v) is 9.68. The number of ether oxygens (including phenoxy) is 2. The molecule has 0 bridgehead atoms. The van der Waals surface area contributed by atoms with Crippen LogP contribution in [0.5, 0.6) is 17.6 Å². The summed E-state index contributed by atoms with van der Waals surface area (Å²) in [4.78, 5) is 8.05. The van der Waals surface area contributed by atoms with E-state index in [0.717, 1.165) is 5.69 Å². The maximum Gasteiger partial charge on any atom is 0.325 e. The molecule has 1 aromatic heterocycles. The van der Waals surface area contributed by atoms with Gasteiger partial charge in [0.05, 0.1) is 7.11 Å². The van der Waals surface area contributed by atoms with Crippen LogP contribution < -0.4 is 14.8 Å². The van der Waals surface area contributed by atoms with E-state index in [2.05, 4.69) is 15.3 Å². The van der Waals surface area contributed by atoms with Gasteiger partial charge in [-0.2, -0.15) is 4.98 Å². The fraction of sp³-hybridized carbons (Fsp3) is 0.167. The van der Waals surface area contributed by atoms with Crippen LogP contribution in [0.1, 0.15) is 0 Å². The van der Waals surface area contributed by atoms with Crippen molar-refractivity contribution < 1.29 is 9.47 Å². The van der Waals surface area contributed by atoms with Gasteiger partial charge in [0.1, 0.15) is 5.75 Å². The molecule has 0 saturated carbocycles. The van der Waals surface area contributed by atoms with Crippen LogP contribution in [0, 0.1) is 0 Å². The van der Waals surface area contributed by atoms with Crippen LogP contribution in [0.2, 0.25) is 0 Å². The highest BCUT2D eigenvalue weighted by atomic mass is 16.5. The van der Waals surface area contributed by atoms with Crippen molar-refractivity contribution in [2.24, 2.45) is 0 Å². The summed E-state index contributed by atoms with van der Waals surface area (Å²) in [5, 5.41) is 3.03. The largest absolute Gasteiger partial charge is 0.481 e. The van der Waals surface area contributed by atoms with Gasteiger partial charge in [0.2, 0.25) is 5.88 Å². The molecule has 5 heteroatoms. The van der Waals surface area contributed by atoms with Gasteiger partial charge in [-0.1, -0.05) is 0 Å². The number of nitrogens with zero attached hydrogens (tertiary/aromatic N) is 2. The van der Waals surface area contributed by atoms with Crippen LogP contribution in [-0.2, 0) is 0 Å². The molecule has 17 heavy (non-hydrogen) atoms. The molecule has 0 atom stereocenters. The first kappa shape index (κ1) is 11.2. The molecule has 0 amide bonds. The third-order valence-electron chi connectivity index (χ3n) is 2.17. The summed E-state index contributed by atoms with van der Waals surface area (Å²) in [5.41, 5.74) is 1.02. The van der Waals surface area contributed by atoms with Gasteiger partial charge in [-0.15, -0.1) is 0 Å². The molecule has 88 valence electrons. The highest BCUT2D eigenvalue weighted by Crippen LogP contribution is 2.20. The molecule has 0 aliphatic carbocycles. The van der Waals surface area contributed by atoms with Gasteiger partial charge in [-0.3, -0.25) is 0 Å². The van der Waals surface area contributed by atoms with Crippen LogP contribution in [0.4, 0.5) is 5.69 Å². The fourth-order valence-electron chi connectivity index (χ4n) is 1.28. The Hall–Kier alpha value is -2.30. The zero-order chi connectivity index (χ0) is 12.1. The smallest absolute Gasteiger partial charge is 0.325 e. The Morgan fingerprint density at radius 2 is 1.88 bits per heavy atom. The fourth-order valence-corrected chi connectivity index (χ4v) is 1.28. The highest BCUT2D eigenvalue weighted by molar-refractivity contribution is 5.46. The second-order valence-corrected chi connectivity index (χ2v) is 3.26. The van der Waals surface area contributed by atoms with Crippen molar-refractivity contribution in [3.05, 3.63) is 36.5 Å². The third kappa shape index (κ3) is 2.84. The van der Waals surface area contributed by atoms with Crippen LogP contribution in [0.25, 0.3) is 0 Å². The number of benzene rings is 1.